The van der Waals surface area contributed by atoms with E-state index in [4.69, 9.17) is 0 Å². The Morgan fingerprint density at radius 1 is 1.21 bits per heavy atom. The molecule has 72 valence electrons. The quantitative estimate of drug-likeness (QED) is 0.569. The zero-order valence-electron chi connectivity index (χ0n) is 8.79. The first kappa shape index (κ1) is 9.20. The number of Topliss-reactive ketones (excluding diaryl/α,β-unsaturated/α-hetero) is 1. The molecule has 0 heterocycles. The Hall–Kier alpha value is -1.37. The highest BCUT2D eigenvalue weighted by molar-refractivity contribution is 6.15. The molecule has 0 aliphatic heterocycles. The fraction of sp³-hybridized carbons (Fsp3) is 0.308. The lowest BCUT2D eigenvalue weighted by Crippen LogP contribution is -2.16. The van der Waals surface area contributed by atoms with Gasteiger partial charge in [-0.25, -0.2) is 0 Å². The molecular formula is C13H14O. The summed E-state index contributed by atoms with van der Waals surface area (Å²) in [7, 11) is 0. The van der Waals surface area contributed by atoms with Crippen LogP contribution in [0.2, 0.25) is 0 Å². The van der Waals surface area contributed by atoms with Gasteiger partial charge in [0.05, 0.1) is 0 Å². The van der Waals surface area contributed by atoms with Gasteiger partial charge in [-0.3, -0.25) is 4.79 Å². The summed E-state index contributed by atoms with van der Waals surface area (Å²) in [6, 6.07) is 7.87. The molecule has 1 aromatic carbocycles. The lowest BCUT2D eigenvalue weighted by Gasteiger charge is -2.20. The van der Waals surface area contributed by atoms with E-state index in [1.54, 1.807) is 0 Å². The van der Waals surface area contributed by atoms with Crippen molar-refractivity contribution in [3.63, 3.8) is 0 Å². The molecule has 0 radical (unpaired) electrons. The van der Waals surface area contributed by atoms with Crippen LogP contribution in [-0.2, 0) is 5.41 Å². The highest BCUT2D eigenvalue weighted by Crippen LogP contribution is 2.41. The van der Waals surface area contributed by atoms with Crippen molar-refractivity contribution >= 4 is 5.78 Å². The third-order valence-corrected chi connectivity index (χ3v) is 3.05. The SMILES string of the molecule is C/C=C1\C(=O)c2ccccc2C1(C)C. The molecule has 1 aliphatic rings. The Labute approximate surface area is 84.5 Å². The number of carbonyl (C=O) groups is 1. The minimum atomic E-state index is -0.123. The highest BCUT2D eigenvalue weighted by atomic mass is 16.1. The van der Waals surface area contributed by atoms with E-state index in [0.717, 1.165) is 16.7 Å². The third-order valence-electron chi connectivity index (χ3n) is 3.05. The molecule has 0 fully saturated rings. The monoisotopic (exact) mass is 186 g/mol. The number of carbonyl (C=O) groups excluding carboxylic acids is 1. The van der Waals surface area contributed by atoms with Crippen molar-refractivity contribution in [2.75, 3.05) is 0 Å². The second-order valence-corrected chi connectivity index (χ2v) is 4.20. The zero-order chi connectivity index (χ0) is 10.3. The standard InChI is InChI=1S/C13H14O/c1-4-10-12(14)9-7-5-6-8-11(9)13(10,2)3/h4-8H,1-3H3/b10-4+. The number of benzene rings is 1. The molecule has 0 aromatic heterocycles. The summed E-state index contributed by atoms with van der Waals surface area (Å²) in [4.78, 5) is 12.0. The molecule has 14 heavy (non-hydrogen) atoms. The van der Waals surface area contributed by atoms with Gasteiger partial charge >= 0.3 is 0 Å². The summed E-state index contributed by atoms with van der Waals surface area (Å²) < 4.78 is 0. The normalized spacial score (nSPS) is 21.4. The van der Waals surface area contributed by atoms with Crippen LogP contribution in [0.1, 0.15) is 36.7 Å². The van der Waals surface area contributed by atoms with E-state index in [1.807, 2.05) is 37.3 Å². The molecule has 0 N–H and O–H groups in total. The van der Waals surface area contributed by atoms with Gasteiger partial charge in [-0.1, -0.05) is 44.2 Å². The maximum atomic E-state index is 12.0. The number of rotatable bonds is 0. The lowest BCUT2D eigenvalue weighted by atomic mass is 9.83. The van der Waals surface area contributed by atoms with Gasteiger partial charge in [0.15, 0.2) is 5.78 Å². The Morgan fingerprint density at radius 2 is 1.86 bits per heavy atom. The van der Waals surface area contributed by atoms with Crippen molar-refractivity contribution in [3.05, 3.63) is 47.0 Å². The first-order valence-electron chi connectivity index (χ1n) is 4.90. The van der Waals surface area contributed by atoms with E-state index in [1.165, 1.54) is 0 Å². The van der Waals surface area contributed by atoms with E-state index in [9.17, 15) is 4.79 Å². The van der Waals surface area contributed by atoms with E-state index in [2.05, 4.69) is 13.8 Å². The van der Waals surface area contributed by atoms with Crippen molar-refractivity contribution in [2.24, 2.45) is 0 Å². The van der Waals surface area contributed by atoms with Crippen LogP contribution in [-0.4, -0.2) is 5.78 Å². The van der Waals surface area contributed by atoms with Crippen molar-refractivity contribution in [1.29, 1.82) is 0 Å². The molecule has 0 spiro atoms. The predicted octanol–water partition coefficient (Wildman–Crippen LogP) is 3.11. The fourth-order valence-corrected chi connectivity index (χ4v) is 2.29. The van der Waals surface area contributed by atoms with Crippen LogP contribution in [0, 0.1) is 0 Å². The first-order chi connectivity index (χ1) is 6.59. The van der Waals surface area contributed by atoms with Gasteiger partial charge in [0.1, 0.15) is 0 Å². The van der Waals surface area contributed by atoms with Gasteiger partial charge in [-0.05, 0) is 12.5 Å². The number of allylic oxidation sites excluding steroid dienone is 2. The van der Waals surface area contributed by atoms with Crippen molar-refractivity contribution < 1.29 is 4.79 Å². The first-order valence-corrected chi connectivity index (χ1v) is 4.90. The second kappa shape index (κ2) is 2.81. The second-order valence-electron chi connectivity index (χ2n) is 4.20. The summed E-state index contributed by atoms with van der Waals surface area (Å²) in [5.74, 6) is 0.188. The summed E-state index contributed by atoms with van der Waals surface area (Å²) >= 11 is 0. The van der Waals surface area contributed by atoms with Gasteiger partial charge in [0.25, 0.3) is 0 Å². The van der Waals surface area contributed by atoms with Crippen LogP contribution >= 0.6 is 0 Å². The topological polar surface area (TPSA) is 17.1 Å². The molecule has 0 bridgehead atoms. The molecule has 0 saturated heterocycles. The molecule has 1 heteroatoms. The minimum Gasteiger partial charge on any atom is -0.289 e. The minimum absolute atomic E-state index is 0.123. The highest BCUT2D eigenvalue weighted by Gasteiger charge is 2.39. The summed E-state index contributed by atoms with van der Waals surface area (Å²) in [6.07, 6.45) is 1.93. The van der Waals surface area contributed by atoms with E-state index in [-0.39, 0.29) is 11.2 Å². The van der Waals surface area contributed by atoms with Gasteiger partial charge in [0.2, 0.25) is 0 Å². The van der Waals surface area contributed by atoms with E-state index < -0.39 is 0 Å². The molecule has 0 saturated carbocycles. The van der Waals surface area contributed by atoms with Crippen molar-refractivity contribution in [1.82, 2.24) is 0 Å². The summed E-state index contributed by atoms with van der Waals surface area (Å²) in [5.41, 5.74) is 2.81. The number of fused-ring (bicyclic) bond motifs is 1. The van der Waals surface area contributed by atoms with Crippen molar-refractivity contribution in [2.45, 2.75) is 26.2 Å². The predicted molar refractivity (Wildman–Crippen MR) is 57.6 cm³/mol. The Kier molecular flexibility index (Phi) is 1.84. The molecule has 0 atom stereocenters. The van der Waals surface area contributed by atoms with Gasteiger partial charge in [-0.15, -0.1) is 0 Å². The molecule has 0 unspecified atom stereocenters. The number of hydrogen-bond donors (Lipinski definition) is 0. The summed E-state index contributed by atoms with van der Waals surface area (Å²) in [6.45, 7) is 6.14. The fourth-order valence-electron chi connectivity index (χ4n) is 2.29. The molecule has 1 nitrogen and oxygen atoms in total. The van der Waals surface area contributed by atoms with Gasteiger partial charge in [0, 0.05) is 16.6 Å². The molecular weight excluding hydrogens is 172 g/mol. The zero-order valence-corrected chi connectivity index (χ0v) is 8.79. The smallest absolute Gasteiger partial charge is 0.189 e. The Bertz CT molecular complexity index is 425. The molecule has 1 aromatic rings. The third kappa shape index (κ3) is 0.985. The lowest BCUT2D eigenvalue weighted by molar-refractivity contribution is 0.103. The van der Waals surface area contributed by atoms with Gasteiger partial charge in [-0.2, -0.15) is 0 Å². The van der Waals surface area contributed by atoms with E-state index >= 15 is 0 Å². The maximum absolute atomic E-state index is 12.0. The van der Waals surface area contributed by atoms with Crippen molar-refractivity contribution in [3.8, 4) is 0 Å². The number of hydrogen-bond acceptors (Lipinski definition) is 1. The molecule has 0 amide bonds. The average Bonchev–Trinajstić information content (AvgIpc) is 2.36. The largest absolute Gasteiger partial charge is 0.289 e. The Balaban J connectivity index is 2.74. The van der Waals surface area contributed by atoms with Crippen LogP contribution in [0.15, 0.2) is 35.9 Å². The molecule has 2 rings (SSSR count). The van der Waals surface area contributed by atoms with Crippen LogP contribution in [0.25, 0.3) is 0 Å². The molecule has 1 aliphatic carbocycles. The van der Waals surface area contributed by atoms with Crippen LogP contribution < -0.4 is 0 Å². The van der Waals surface area contributed by atoms with Gasteiger partial charge < -0.3 is 0 Å². The maximum Gasteiger partial charge on any atom is 0.189 e. The average molecular weight is 186 g/mol. The number of ketones is 1. The van der Waals surface area contributed by atoms with Crippen LogP contribution in [0.4, 0.5) is 0 Å². The van der Waals surface area contributed by atoms with E-state index in [0.29, 0.717) is 0 Å². The van der Waals surface area contributed by atoms with Crippen LogP contribution in [0.3, 0.4) is 0 Å². The summed E-state index contributed by atoms with van der Waals surface area (Å²) in [5, 5.41) is 0. The van der Waals surface area contributed by atoms with Crippen LogP contribution in [0.5, 0.6) is 0 Å². The Morgan fingerprint density at radius 3 is 2.43 bits per heavy atom.